The molecule has 1 aromatic rings. The highest BCUT2D eigenvalue weighted by molar-refractivity contribution is 5.18. The average Bonchev–Trinajstić information content (AvgIpc) is 2.25. The molecule has 0 aromatic heterocycles. The summed E-state index contributed by atoms with van der Waals surface area (Å²) >= 11 is 0. The van der Waals surface area contributed by atoms with Gasteiger partial charge in [-0.05, 0) is 31.7 Å². The number of benzene rings is 1. The van der Waals surface area contributed by atoms with Gasteiger partial charge in [-0.1, -0.05) is 49.6 Å². The van der Waals surface area contributed by atoms with Crippen molar-refractivity contribution in [1.29, 1.82) is 0 Å². The summed E-state index contributed by atoms with van der Waals surface area (Å²) in [6, 6.07) is 11.8. The summed E-state index contributed by atoms with van der Waals surface area (Å²) in [6.45, 7) is 4.57. The van der Waals surface area contributed by atoms with Crippen molar-refractivity contribution in [2.45, 2.75) is 51.6 Å². The van der Waals surface area contributed by atoms with Gasteiger partial charge in [-0.25, -0.2) is 0 Å². The molecule has 0 saturated heterocycles. The van der Waals surface area contributed by atoms with Gasteiger partial charge in [0.2, 0.25) is 0 Å². The number of hydrogen-bond donors (Lipinski definition) is 1. The standard InChI is InChI=1S/C15H23N/c1-12(11-14-7-6-8-14)16-13(2)15-9-4-3-5-10-15/h3-5,9-10,12-14,16H,6-8,11H2,1-2H3. The molecule has 0 spiro atoms. The highest BCUT2D eigenvalue weighted by Gasteiger charge is 2.20. The van der Waals surface area contributed by atoms with Gasteiger partial charge in [-0.15, -0.1) is 0 Å². The fourth-order valence-corrected chi connectivity index (χ4v) is 2.56. The van der Waals surface area contributed by atoms with Gasteiger partial charge in [-0.3, -0.25) is 0 Å². The van der Waals surface area contributed by atoms with Gasteiger partial charge in [0, 0.05) is 12.1 Å². The highest BCUT2D eigenvalue weighted by Crippen LogP contribution is 2.30. The summed E-state index contributed by atoms with van der Waals surface area (Å²) in [6.07, 6.45) is 5.69. The third kappa shape index (κ3) is 3.08. The number of rotatable bonds is 5. The van der Waals surface area contributed by atoms with Crippen LogP contribution in [0.15, 0.2) is 30.3 Å². The predicted molar refractivity (Wildman–Crippen MR) is 69.4 cm³/mol. The van der Waals surface area contributed by atoms with Gasteiger partial charge < -0.3 is 5.32 Å². The van der Waals surface area contributed by atoms with Crippen LogP contribution in [-0.4, -0.2) is 6.04 Å². The molecular weight excluding hydrogens is 194 g/mol. The Morgan fingerprint density at radius 2 is 1.88 bits per heavy atom. The van der Waals surface area contributed by atoms with Crippen LogP contribution in [0.3, 0.4) is 0 Å². The van der Waals surface area contributed by atoms with E-state index in [-0.39, 0.29) is 0 Å². The van der Waals surface area contributed by atoms with E-state index >= 15 is 0 Å². The lowest BCUT2D eigenvalue weighted by Crippen LogP contribution is -2.32. The van der Waals surface area contributed by atoms with Crippen molar-refractivity contribution >= 4 is 0 Å². The quantitative estimate of drug-likeness (QED) is 0.788. The molecule has 2 atom stereocenters. The Hall–Kier alpha value is -0.820. The maximum Gasteiger partial charge on any atom is 0.0294 e. The first kappa shape index (κ1) is 11.7. The van der Waals surface area contributed by atoms with Gasteiger partial charge in [-0.2, -0.15) is 0 Å². The highest BCUT2D eigenvalue weighted by atomic mass is 14.9. The van der Waals surface area contributed by atoms with E-state index in [9.17, 15) is 0 Å². The molecule has 0 bridgehead atoms. The number of nitrogens with one attached hydrogen (secondary N) is 1. The molecule has 2 rings (SSSR count). The molecule has 1 aliphatic rings. The molecule has 1 N–H and O–H groups in total. The molecule has 88 valence electrons. The lowest BCUT2D eigenvalue weighted by molar-refractivity contribution is 0.259. The molecule has 0 heterocycles. The molecule has 1 saturated carbocycles. The summed E-state index contributed by atoms with van der Waals surface area (Å²) in [4.78, 5) is 0. The van der Waals surface area contributed by atoms with Crippen molar-refractivity contribution < 1.29 is 0 Å². The first-order valence-electron chi connectivity index (χ1n) is 6.56. The Balaban J connectivity index is 1.79. The van der Waals surface area contributed by atoms with Crippen LogP contribution < -0.4 is 5.32 Å². The van der Waals surface area contributed by atoms with E-state index in [1.807, 2.05) is 0 Å². The Morgan fingerprint density at radius 1 is 1.19 bits per heavy atom. The summed E-state index contributed by atoms with van der Waals surface area (Å²) in [5.74, 6) is 0.991. The summed E-state index contributed by atoms with van der Waals surface area (Å²) in [5.41, 5.74) is 1.39. The van der Waals surface area contributed by atoms with Crippen LogP contribution in [0.1, 0.15) is 51.1 Å². The van der Waals surface area contributed by atoms with Crippen molar-refractivity contribution in [1.82, 2.24) is 5.32 Å². The van der Waals surface area contributed by atoms with Crippen LogP contribution in [0.2, 0.25) is 0 Å². The largest absolute Gasteiger partial charge is 0.308 e. The van der Waals surface area contributed by atoms with Gasteiger partial charge in [0.05, 0.1) is 0 Å². The normalized spacial score (nSPS) is 20.1. The van der Waals surface area contributed by atoms with Crippen LogP contribution in [0.5, 0.6) is 0 Å². The van der Waals surface area contributed by atoms with Crippen LogP contribution >= 0.6 is 0 Å². The second-order valence-electron chi connectivity index (χ2n) is 5.23. The van der Waals surface area contributed by atoms with Crippen molar-refractivity contribution in [3.63, 3.8) is 0 Å². The third-order valence-electron chi connectivity index (χ3n) is 3.75. The summed E-state index contributed by atoms with van der Waals surface area (Å²) < 4.78 is 0. The SMILES string of the molecule is CC(CC1CCC1)NC(C)c1ccccc1. The Bertz CT molecular complexity index is 302. The molecule has 0 amide bonds. The van der Waals surface area contributed by atoms with Crippen LogP contribution in [0, 0.1) is 5.92 Å². The van der Waals surface area contributed by atoms with Crippen molar-refractivity contribution in [3.05, 3.63) is 35.9 Å². The van der Waals surface area contributed by atoms with E-state index in [0.717, 1.165) is 5.92 Å². The molecule has 1 aliphatic carbocycles. The predicted octanol–water partition coefficient (Wildman–Crippen LogP) is 3.92. The minimum absolute atomic E-state index is 0.469. The van der Waals surface area contributed by atoms with Crippen molar-refractivity contribution in [3.8, 4) is 0 Å². The first-order chi connectivity index (χ1) is 7.75. The smallest absolute Gasteiger partial charge is 0.0294 e. The lowest BCUT2D eigenvalue weighted by atomic mass is 9.81. The molecule has 1 nitrogen and oxygen atoms in total. The average molecular weight is 217 g/mol. The van der Waals surface area contributed by atoms with Crippen molar-refractivity contribution in [2.24, 2.45) is 5.92 Å². The van der Waals surface area contributed by atoms with E-state index < -0.39 is 0 Å². The monoisotopic (exact) mass is 217 g/mol. The van der Waals surface area contributed by atoms with Gasteiger partial charge in [0.25, 0.3) is 0 Å². The van der Waals surface area contributed by atoms with E-state index in [1.54, 1.807) is 0 Å². The second kappa shape index (κ2) is 5.49. The molecule has 2 unspecified atom stereocenters. The Kier molecular flexibility index (Phi) is 4.00. The molecule has 0 radical (unpaired) electrons. The summed E-state index contributed by atoms with van der Waals surface area (Å²) in [7, 11) is 0. The molecule has 1 heteroatoms. The minimum atomic E-state index is 0.469. The molecule has 0 aliphatic heterocycles. The Morgan fingerprint density at radius 3 is 2.44 bits per heavy atom. The van der Waals surface area contributed by atoms with E-state index in [1.165, 1.54) is 31.2 Å². The fourth-order valence-electron chi connectivity index (χ4n) is 2.56. The topological polar surface area (TPSA) is 12.0 Å². The fraction of sp³-hybridized carbons (Fsp3) is 0.600. The number of hydrogen-bond acceptors (Lipinski definition) is 1. The maximum absolute atomic E-state index is 3.70. The zero-order valence-electron chi connectivity index (χ0n) is 10.4. The molecule has 1 aromatic carbocycles. The van der Waals surface area contributed by atoms with Gasteiger partial charge in [0.15, 0.2) is 0 Å². The molecule has 1 fully saturated rings. The zero-order valence-corrected chi connectivity index (χ0v) is 10.4. The van der Waals surface area contributed by atoms with Gasteiger partial charge in [0.1, 0.15) is 0 Å². The maximum atomic E-state index is 3.70. The Labute approximate surface area is 99.3 Å². The first-order valence-corrected chi connectivity index (χ1v) is 6.56. The van der Waals surface area contributed by atoms with Crippen LogP contribution in [-0.2, 0) is 0 Å². The van der Waals surface area contributed by atoms with Gasteiger partial charge >= 0.3 is 0 Å². The van der Waals surface area contributed by atoms with Crippen molar-refractivity contribution in [2.75, 3.05) is 0 Å². The van der Waals surface area contributed by atoms with Crippen LogP contribution in [0.4, 0.5) is 0 Å². The van der Waals surface area contributed by atoms with E-state index in [2.05, 4.69) is 49.5 Å². The lowest BCUT2D eigenvalue weighted by Gasteiger charge is -2.30. The van der Waals surface area contributed by atoms with E-state index in [4.69, 9.17) is 0 Å². The molecular formula is C15H23N. The zero-order chi connectivity index (χ0) is 11.4. The van der Waals surface area contributed by atoms with Crippen LogP contribution in [0.25, 0.3) is 0 Å². The molecule has 16 heavy (non-hydrogen) atoms. The second-order valence-corrected chi connectivity index (χ2v) is 5.23. The minimum Gasteiger partial charge on any atom is -0.308 e. The van der Waals surface area contributed by atoms with E-state index in [0.29, 0.717) is 12.1 Å². The third-order valence-corrected chi connectivity index (χ3v) is 3.75. The summed E-state index contributed by atoms with van der Waals surface area (Å²) in [5, 5.41) is 3.70.